The first-order chi connectivity index (χ1) is 9.74. The van der Waals surface area contributed by atoms with E-state index in [1.807, 2.05) is 10.7 Å². The minimum Gasteiger partial charge on any atom is -0.381 e. The Kier molecular flexibility index (Phi) is 2.82. The molecular weight excluding hydrogens is 279 g/mol. The summed E-state index contributed by atoms with van der Waals surface area (Å²) in [6.07, 6.45) is 1.78. The van der Waals surface area contributed by atoms with E-state index >= 15 is 0 Å². The average molecular weight is 293 g/mol. The Hall–Kier alpha value is -1.39. The second-order valence-electron chi connectivity index (χ2n) is 5.56. The minimum atomic E-state index is -0.393. The van der Waals surface area contributed by atoms with Crippen LogP contribution in [0, 0.1) is 23.6 Å². The van der Waals surface area contributed by atoms with Crippen LogP contribution in [0.15, 0.2) is 30.5 Å². The van der Waals surface area contributed by atoms with Gasteiger partial charge in [-0.1, -0.05) is 11.6 Å². The van der Waals surface area contributed by atoms with Crippen molar-refractivity contribution in [2.24, 2.45) is 17.8 Å². The SMILES string of the molecule is Fc1ccc(-c2ccnn2CC2C3COCC32)cc1Cl. The third-order valence-electron chi connectivity index (χ3n) is 4.45. The van der Waals surface area contributed by atoms with Crippen LogP contribution in [0.3, 0.4) is 0 Å². The van der Waals surface area contributed by atoms with Gasteiger partial charge >= 0.3 is 0 Å². The van der Waals surface area contributed by atoms with Crippen molar-refractivity contribution in [3.63, 3.8) is 0 Å². The topological polar surface area (TPSA) is 27.1 Å². The molecule has 2 atom stereocenters. The molecule has 104 valence electrons. The second kappa shape index (κ2) is 4.57. The molecule has 1 aromatic heterocycles. The molecule has 1 aromatic carbocycles. The highest BCUT2D eigenvalue weighted by Gasteiger charge is 2.53. The van der Waals surface area contributed by atoms with Crippen LogP contribution in [0.1, 0.15) is 0 Å². The summed E-state index contributed by atoms with van der Waals surface area (Å²) in [6, 6.07) is 6.74. The fourth-order valence-corrected chi connectivity index (χ4v) is 3.39. The average Bonchev–Trinajstić information content (AvgIpc) is 2.87. The molecule has 0 radical (unpaired) electrons. The summed E-state index contributed by atoms with van der Waals surface area (Å²) in [5.41, 5.74) is 1.88. The van der Waals surface area contributed by atoms with E-state index < -0.39 is 5.82 Å². The molecule has 3 nitrogen and oxygen atoms in total. The lowest BCUT2D eigenvalue weighted by atomic mass is 10.1. The Morgan fingerprint density at radius 2 is 2.10 bits per heavy atom. The molecular formula is C15H14ClFN2O. The van der Waals surface area contributed by atoms with Crippen molar-refractivity contribution in [3.8, 4) is 11.3 Å². The maximum atomic E-state index is 13.2. The first-order valence-corrected chi connectivity index (χ1v) is 7.17. The number of aromatic nitrogens is 2. The Labute approximate surface area is 121 Å². The van der Waals surface area contributed by atoms with Gasteiger partial charge in [0, 0.05) is 18.3 Å². The van der Waals surface area contributed by atoms with Crippen LogP contribution in [0.25, 0.3) is 11.3 Å². The normalized spacial score (nSPS) is 27.6. The number of nitrogens with zero attached hydrogens (tertiary/aromatic N) is 2. The summed E-state index contributed by atoms with van der Waals surface area (Å²) in [6.45, 7) is 2.67. The molecule has 2 unspecified atom stereocenters. The van der Waals surface area contributed by atoms with Crippen molar-refractivity contribution in [1.29, 1.82) is 0 Å². The molecule has 2 aromatic rings. The Bertz CT molecular complexity index is 647. The maximum Gasteiger partial charge on any atom is 0.141 e. The lowest BCUT2D eigenvalue weighted by Crippen LogP contribution is -2.09. The number of benzene rings is 1. The molecule has 2 fully saturated rings. The zero-order valence-corrected chi connectivity index (χ0v) is 11.6. The third-order valence-corrected chi connectivity index (χ3v) is 4.73. The van der Waals surface area contributed by atoms with Crippen LogP contribution in [0.4, 0.5) is 4.39 Å². The summed E-state index contributed by atoms with van der Waals surface area (Å²) < 4.78 is 20.7. The van der Waals surface area contributed by atoms with E-state index in [2.05, 4.69) is 5.10 Å². The first-order valence-electron chi connectivity index (χ1n) is 6.79. The van der Waals surface area contributed by atoms with Crippen molar-refractivity contribution >= 4 is 11.6 Å². The van der Waals surface area contributed by atoms with Gasteiger partial charge in [0.15, 0.2) is 0 Å². The molecule has 0 spiro atoms. The van der Waals surface area contributed by atoms with Gasteiger partial charge in [0.2, 0.25) is 0 Å². The first kappa shape index (κ1) is 12.4. The molecule has 20 heavy (non-hydrogen) atoms. The van der Waals surface area contributed by atoms with Gasteiger partial charge in [0.1, 0.15) is 5.82 Å². The van der Waals surface area contributed by atoms with Crippen LogP contribution in [0.5, 0.6) is 0 Å². The van der Waals surface area contributed by atoms with Gasteiger partial charge in [-0.3, -0.25) is 4.68 Å². The lowest BCUT2D eigenvalue weighted by molar-refractivity contribution is 0.147. The second-order valence-corrected chi connectivity index (χ2v) is 5.96. The Balaban J connectivity index is 1.60. The highest BCUT2D eigenvalue weighted by Crippen LogP contribution is 2.51. The van der Waals surface area contributed by atoms with E-state index in [1.54, 1.807) is 18.3 Å². The molecule has 2 heterocycles. The van der Waals surface area contributed by atoms with Crippen molar-refractivity contribution in [2.75, 3.05) is 13.2 Å². The number of hydrogen-bond acceptors (Lipinski definition) is 2. The molecule has 0 amide bonds. The largest absolute Gasteiger partial charge is 0.381 e. The van der Waals surface area contributed by atoms with Crippen molar-refractivity contribution in [1.82, 2.24) is 9.78 Å². The van der Waals surface area contributed by atoms with Gasteiger partial charge in [-0.05, 0) is 42.0 Å². The number of hydrogen-bond donors (Lipinski definition) is 0. The molecule has 4 rings (SSSR count). The maximum absolute atomic E-state index is 13.2. The van der Waals surface area contributed by atoms with E-state index in [-0.39, 0.29) is 5.02 Å². The van der Waals surface area contributed by atoms with Crippen LogP contribution in [0.2, 0.25) is 5.02 Å². The van der Waals surface area contributed by atoms with E-state index in [0.717, 1.165) is 31.0 Å². The summed E-state index contributed by atoms with van der Waals surface area (Å²) in [5, 5.41) is 4.54. The van der Waals surface area contributed by atoms with Crippen molar-refractivity contribution in [3.05, 3.63) is 41.3 Å². The van der Waals surface area contributed by atoms with Crippen LogP contribution >= 0.6 is 11.6 Å². The van der Waals surface area contributed by atoms with Crippen molar-refractivity contribution in [2.45, 2.75) is 6.54 Å². The monoisotopic (exact) mass is 292 g/mol. The fraction of sp³-hybridized carbons (Fsp3) is 0.400. The van der Waals surface area contributed by atoms with Gasteiger partial charge in [0.05, 0.1) is 23.9 Å². The number of halogens is 2. The standard InChI is InChI=1S/C15H14ClFN2O/c16-13-5-9(1-2-14(13)17)15-3-4-18-19(15)6-10-11-7-20-8-12(10)11/h1-5,10-12H,6-8H2. The summed E-state index contributed by atoms with van der Waals surface area (Å²) >= 11 is 5.86. The van der Waals surface area contributed by atoms with E-state index in [1.165, 1.54) is 6.07 Å². The highest BCUT2D eigenvalue weighted by atomic mass is 35.5. The predicted molar refractivity (Wildman–Crippen MR) is 73.9 cm³/mol. The molecule has 1 aliphatic heterocycles. The zero-order chi connectivity index (χ0) is 13.7. The van der Waals surface area contributed by atoms with E-state index in [0.29, 0.717) is 17.8 Å². The number of fused-ring (bicyclic) bond motifs is 1. The number of ether oxygens (including phenoxy) is 1. The van der Waals surface area contributed by atoms with Gasteiger partial charge in [0.25, 0.3) is 0 Å². The molecule has 1 aliphatic carbocycles. The fourth-order valence-electron chi connectivity index (χ4n) is 3.21. The smallest absolute Gasteiger partial charge is 0.141 e. The van der Waals surface area contributed by atoms with Gasteiger partial charge in [-0.25, -0.2) is 4.39 Å². The predicted octanol–water partition coefficient (Wildman–Crippen LogP) is 3.24. The molecule has 0 bridgehead atoms. The molecule has 1 saturated heterocycles. The lowest BCUT2D eigenvalue weighted by Gasteiger charge is -2.09. The molecule has 0 N–H and O–H groups in total. The van der Waals surface area contributed by atoms with Crippen LogP contribution < -0.4 is 0 Å². The Morgan fingerprint density at radius 3 is 2.85 bits per heavy atom. The minimum absolute atomic E-state index is 0.145. The third kappa shape index (κ3) is 1.95. The summed E-state index contributed by atoms with van der Waals surface area (Å²) in [4.78, 5) is 0. The number of rotatable bonds is 3. The van der Waals surface area contributed by atoms with Gasteiger partial charge in [-0.15, -0.1) is 0 Å². The quantitative estimate of drug-likeness (QED) is 0.868. The van der Waals surface area contributed by atoms with Gasteiger partial charge in [-0.2, -0.15) is 5.10 Å². The van der Waals surface area contributed by atoms with Crippen molar-refractivity contribution < 1.29 is 9.13 Å². The zero-order valence-electron chi connectivity index (χ0n) is 10.8. The Morgan fingerprint density at radius 1 is 1.30 bits per heavy atom. The molecule has 1 saturated carbocycles. The van der Waals surface area contributed by atoms with E-state index in [9.17, 15) is 4.39 Å². The highest BCUT2D eigenvalue weighted by molar-refractivity contribution is 6.31. The molecule has 5 heteroatoms. The summed E-state index contributed by atoms with van der Waals surface area (Å²) in [7, 11) is 0. The van der Waals surface area contributed by atoms with Crippen LogP contribution in [-0.4, -0.2) is 23.0 Å². The summed E-state index contributed by atoms with van der Waals surface area (Å²) in [5.74, 6) is 1.67. The molecule has 2 aliphatic rings. The van der Waals surface area contributed by atoms with Gasteiger partial charge < -0.3 is 4.74 Å². The van der Waals surface area contributed by atoms with Crippen LogP contribution in [-0.2, 0) is 11.3 Å². The van der Waals surface area contributed by atoms with E-state index in [4.69, 9.17) is 16.3 Å².